The Morgan fingerprint density at radius 1 is 1.56 bits per heavy atom. The van der Waals surface area contributed by atoms with Gasteiger partial charge < -0.3 is 16.2 Å². The van der Waals surface area contributed by atoms with E-state index in [1.54, 1.807) is 6.20 Å². The third-order valence-electron chi connectivity index (χ3n) is 3.03. The van der Waals surface area contributed by atoms with E-state index >= 15 is 0 Å². The number of aromatic nitrogens is 1. The first-order valence-corrected chi connectivity index (χ1v) is 5.81. The second kappa shape index (κ2) is 4.80. The van der Waals surface area contributed by atoms with Crippen molar-refractivity contribution >= 4 is 5.82 Å². The lowest BCUT2D eigenvalue weighted by Crippen LogP contribution is -2.31. The van der Waals surface area contributed by atoms with Crippen molar-refractivity contribution < 1.29 is 4.74 Å². The predicted molar refractivity (Wildman–Crippen MR) is 63.7 cm³/mol. The fourth-order valence-corrected chi connectivity index (χ4v) is 2.04. The third kappa shape index (κ3) is 2.33. The normalized spacial score (nSPS) is 19.4. The average Bonchev–Trinajstić information content (AvgIpc) is 3.09. The van der Waals surface area contributed by atoms with Crippen molar-refractivity contribution in [2.24, 2.45) is 11.7 Å². The summed E-state index contributed by atoms with van der Waals surface area (Å²) in [7, 11) is 0. The molecule has 0 saturated heterocycles. The smallest absolute Gasteiger partial charge is 0.128 e. The van der Waals surface area contributed by atoms with Gasteiger partial charge in [0.2, 0.25) is 0 Å². The molecule has 0 spiro atoms. The van der Waals surface area contributed by atoms with Gasteiger partial charge in [-0.2, -0.15) is 0 Å². The standard InChI is InChI=1S/C12H19N3O/c1-2-16-11(8-5-6-8)10(13)9-4-3-7-15-12(9)14/h3-4,7-8,10-11H,2,5-6,13H2,1H3,(H2,14,15). The minimum atomic E-state index is -0.166. The lowest BCUT2D eigenvalue weighted by molar-refractivity contribution is 0.0284. The summed E-state index contributed by atoms with van der Waals surface area (Å²) in [5, 5.41) is 0. The van der Waals surface area contributed by atoms with E-state index in [1.807, 2.05) is 19.1 Å². The molecule has 0 bridgehead atoms. The Kier molecular flexibility index (Phi) is 3.41. The number of ether oxygens (including phenoxy) is 1. The number of hydrogen-bond acceptors (Lipinski definition) is 4. The molecule has 1 heterocycles. The van der Waals surface area contributed by atoms with Crippen LogP contribution in [-0.2, 0) is 4.74 Å². The molecule has 16 heavy (non-hydrogen) atoms. The first kappa shape index (κ1) is 11.4. The summed E-state index contributed by atoms with van der Waals surface area (Å²) >= 11 is 0. The lowest BCUT2D eigenvalue weighted by atomic mass is 9.99. The molecule has 1 aliphatic rings. The van der Waals surface area contributed by atoms with Gasteiger partial charge in [0.15, 0.2) is 0 Å². The summed E-state index contributed by atoms with van der Waals surface area (Å²) in [6.07, 6.45) is 4.17. The van der Waals surface area contributed by atoms with Gasteiger partial charge in [0.25, 0.3) is 0 Å². The maximum Gasteiger partial charge on any atom is 0.128 e. The second-order valence-corrected chi connectivity index (χ2v) is 4.26. The SMILES string of the molecule is CCOC(C1CC1)C(N)c1cccnc1N. The highest BCUT2D eigenvalue weighted by molar-refractivity contribution is 5.41. The summed E-state index contributed by atoms with van der Waals surface area (Å²) in [6.45, 7) is 2.68. The monoisotopic (exact) mass is 221 g/mol. The molecule has 4 nitrogen and oxygen atoms in total. The van der Waals surface area contributed by atoms with Crippen LogP contribution < -0.4 is 11.5 Å². The molecule has 0 aromatic carbocycles. The molecule has 2 rings (SSSR count). The molecule has 4 N–H and O–H groups in total. The number of rotatable bonds is 5. The molecule has 88 valence electrons. The Hall–Kier alpha value is -1.13. The first-order valence-electron chi connectivity index (χ1n) is 5.81. The van der Waals surface area contributed by atoms with E-state index in [4.69, 9.17) is 16.2 Å². The Labute approximate surface area is 96.0 Å². The van der Waals surface area contributed by atoms with Gasteiger partial charge in [-0.05, 0) is 31.7 Å². The van der Waals surface area contributed by atoms with Crippen LogP contribution in [0.4, 0.5) is 5.82 Å². The molecule has 2 atom stereocenters. The van der Waals surface area contributed by atoms with Crippen molar-refractivity contribution in [3.8, 4) is 0 Å². The highest BCUT2D eigenvalue weighted by atomic mass is 16.5. The zero-order chi connectivity index (χ0) is 11.5. The minimum absolute atomic E-state index is 0.0801. The quantitative estimate of drug-likeness (QED) is 0.789. The van der Waals surface area contributed by atoms with Crippen molar-refractivity contribution in [1.29, 1.82) is 0 Å². The summed E-state index contributed by atoms with van der Waals surface area (Å²) in [5.41, 5.74) is 12.9. The molecule has 4 heteroatoms. The van der Waals surface area contributed by atoms with Gasteiger partial charge in [-0.25, -0.2) is 4.98 Å². The first-order chi connectivity index (χ1) is 7.74. The molecular formula is C12H19N3O. The zero-order valence-corrected chi connectivity index (χ0v) is 9.60. The molecule has 1 saturated carbocycles. The maximum absolute atomic E-state index is 6.22. The Bertz CT molecular complexity index is 352. The van der Waals surface area contributed by atoms with Gasteiger partial charge in [0.1, 0.15) is 5.82 Å². The topological polar surface area (TPSA) is 74.2 Å². The number of nitrogens with zero attached hydrogens (tertiary/aromatic N) is 1. The summed E-state index contributed by atoms with van der Waals surface area (Å²) < 4.78 is 5.73. The summed E-state index contributed by atoms with van der Waals surface area (Å²) in [5.74, 6) is 1.11. The van der Waals surface area contributed by atoms with E-state index in [9.17, 15) is 0 Å². The van der Waals surface area contributed by atoms with Gasteiger partial charge in [-0.15, -0.1) is 0 Å². The minimum Gasteiger partial charge on any atom is -0.383 e. The molecule has 0 amide bonds. The van der Waals surface area contributed by atoms with E-state index in [-0.39, 0.29) is 12.1 Å². The van der Waals surface area contributed by atoms with Crippen LogP contribution in [0.2, 0.25) is 0 Å². The lowest BCUT2D eigenvalue weighted by Gasteiger charge is -2.24. The van der Waals surface area contributed by atoms with Gasteiger partial charge in [0.05, 0.1) is 12.1 Å². The Balaban J connectivity index is 2.15. The van der Waals surface area contributed by atoms with Crippen LogP contribution in [0.1, 0.15) is 31.4 Å². The summed E-state index contributed by atoms with van der Waals surface area (Å²) in [4.78, 5) is 4.06. The van der Waals surface area contributed by atoms with Gasteiger partial charge >= 0.3 is 0 Å². The largest absolute Gasteiger partial charge is 0.383 e. The molecule has 1 aliphatic carbocycles. The van der Waals surface area contributed by atoms with Gasteiger partial charge in [-0.3, -0.25) is 0 Å². The number of nitrogen functional groups attached to an aromatic ring is 1. The van der Waals surface area contributed by atoms with E-state index in [0.29, 0.717) is 18.3 Å². The summed E-state index contributed by atoms with van der Waals surface area (Å²) in [6, 6.07) is 3.63. The van der Waals surface area contributed by atoms with Gasteiger partial charge in [-0.1, -0.05) is 6.07 Å². The molecular weight excluding hydrogens is 202 g/mol. The number of anilines is 1. The number of hydrogen-bond donors (Lipinski definition) is 2. The molecule has 1 aromatic heterocycles. The maximum atomic E-state index is 6.22. The molecule has 1 fully saturated rings. The van der Waals surface area contributed by atoms with Crippen molar-refractivity contribution in [2.75, 3.05) is 12.3 Å². The molecule has 2 unspecified atom stereocenters. The Morgan fingerprint density at radius 3 is 2.88 bits per heavy atom. The van der Waals surface area contributed by atoms with Crippen LogP contribution >= 0.6 is 0 Å². The number of nitrogens with two attached hydrogens (primary N) is 2. The van der Waals surface area contributed by atoms with E-state index in [2.05, 4.69) is 4.98 Å². The van der Waals surface area contributed by atoms with E-state index < -0.39 is 0 Å². The van der Waals surface area contributed by atoms with E-state index in [0.717, 1.165) is 5.56 Å². The van der Waals surface area contributed by atoms with E-state index in [1.165, 1.54) is 12.8 Å². The van der Waals surface area contributed by atoms with Crippen molar-refractivity contribution in [3.63, 3.8) is 0 Å². The van der Waals surface area contributed by atoms with Gasteiger partial charge in [0, 0.05) is 18.4 Å². The fraction of sp³-hybridized carbons (Fsp3) is 0.583. The van der Waals surface area contributed by atoms with Crippen LogP contribution in [0.5, 0.6) is 0 Å². The Morgan fingerprint density at radius 2 is 2.31 bits per heavy atom. The average molecular weight is 221 g/mol. The van der Waals surface area contributed by atoms with Crippen LogP contribution in [0.15, 0.2) is 18.3 Å². The zero-order valence-electron chi connectivity index (χ0n) is 9.60. The highest BCUT2D eigenvalue weighted by Gasteiger charge is 2.37. The third-order valence-corrected chi connectivity index (χ3v) is 3.03. The van der Waals surface area contributed by atoms with Crippen molar-refractivity contribution in [2.45, 2.75) is 31.9 Å². The molecule has 1 aromatic rings. The fourth-order valence-electron chi connectivity index (χ4n) is 2.04. The predicted octanol–water partition coefficient (Wildman–Crippen LogP) is 1.48. The van der Waals surface area contributed by atoms with Crippen LogP contribution in [-0.4, -0.2) is 17.7 Å². The number of pyridine rings is 1. The van der Waals surface area contributed by atoms with Crippen LogP contribution in [0.3, 0.4) is 0 Å². The van der Waals surface area contributed by atoms with Crippen molar-refractivity contribution in [1.82, 2.24) is 4.98 Å². The highest BCUT2D eigenvalue weighted by Crippen LogP contribution is 2.39. The van der Waals surface area contributed by atoms with Crippen LogP contribution in [0, 0.1) is 5.92 Å². The van der Waals surface area contributed by atoms with Crippen LogP contribution in [0.25, 0.3) is 0 Å². The molecule has 0 aliphatic heterocycles. The van der Waals surface area contributed by atoms with Crippen molar-refractivity contribution in [3.05, 3.63) is 23.9 Å². The second-order valence-electron chi connectivity index (χ2n) is 4.26. The molecule has 0 radical (unpaired) electrons.